The van der Waals surface area contributed by atoms with Gasteiger partial charge in [0, 0.05) is 0 Å². The van der Waals surface area contributed by atoms with Crippen molar-refractivity contribution < 1.29 is 14.3 Å². The number of carbonyl (C=O) groups excluding carboxylic acids is 1. The molecular weight excluding hydrogens is 240 g/mol. The molecule has 1 aromatic carbocycles. The highest BCUT2D eigenvalue weighted by Crippen LogP contribution is 2.22. The van der Waals surface area contributed by atoms with Gasteiger partial charge in [0.25, 0.3) is 0 Å². The van der Waals surface area contributed by atoms with Gasteiger partial charge < -0.3 is 9.47 Å². The van der Waals surface area contributed by atoms with E-state index in [9.17, 15) is 4.79 Å². The first-order chi connectivity index (χ1) is 9.31. The van der Waals surface area contributed by atoms with Crippen LogP contribution >= 0.6 is 0 Å². The Labute approximate surface area is 114 Å². The van der Waals surface area contributed by atoms with Crippen LogP contribution < -0.4 is 0 Å². The van der Waals surface area contributed by atoms with Gasteiger partial charge in [-0.15, -0.1) is 0 Å². The molecule has 102 valence electrons. The van der Waals surface area contributed by atoms with Crippen molar-refractivity contribution in [1.82, 2.24) is 0 Å². The van der Waals surface area contributed by atoms with Crippen molar-refractivity contribution in [2.24, 2.45) is 0 Å². The molecule has 2 atom stereocenters. The maximum Gasteiger partial charge on any atom is 0.338 e. The Kier molecular flexibility index (Phi) is 5.16. The molecule has 1 aliphatic heterocycles. The van der Waals surface area contributed by atoms with E-state index in [2.05, 4.69) is 19.1 Å². The van der Waals surface area contributed by atoms with Gasteiger partial charge in [-0.2, -0.15) is 0 Å². The molecule has 0 radical (unpaired) electrons. The van der Waals surface area contributed by atoms with Crippen molar-refractivity contribution in [3.8, 4) is 0 Å². The van der Waals surface area contributed by atoms with Crippen LogP contribution in [0.15, 0.2) is 42.5 Å². The lowest BCUT2D eigenvalue weighted by molar-refractivity contribution is 0.0210. The summed E-state index contributed by atoms with van der Waals surface area (Å²) >= 11 is 0. The molecule has 19 heavy (non-hydrogen) atoms. The van der Waals surface area contributed by atoms with Crippen molar-refractivity contribution >= 4 is 5.97 Å². The predicted octanol–water partition coefficient (Wildman–Crippen LogP) is 3.36. The van der Waals surface area contributed by atoms with Gasteiger partial charge in [0.2, 0.25) is 0 Å². The molecular formula is C16H20O3. The fourth-order valence-corrected chi connectivity index (χ4v) is 1.92. The number of ether oxygens (including phenoxy) is 2. The zero-order chi connectivity index (χ0) is 13.5. The van der Waals surface area contributed by atoms with Crippen molar-refractivity contribution in [2.75, 3.05) is 6.61 Å². The highest BCUT2D eigenvalue weighted by Gasteiger charge is 2.35. The number of epoxide rings is 1. The zero-order valence-corrected chi connectivity index (χ0v) is 11.2. The Bertz CT molecular complexity index is 421. The minimum Gasteiger partial charge on any atom is -0.456 e. The molecule has 1 aliphatic rings. The van der Waals surface area contributed by atoms with E-state index in [4.69, 9.17) is 9.47 Å². The minimum absolute atomic E-state index is 0.0858. The minimum atomic E-state index is -0.263. The van der Waals surface area contributed by atoms with E-state index in [1.807, 2.05) is 18.2 Å². The second kappa shape index (κ2) is 7.10. The van der Waals surface area contributed by atoms with Gasteiger partial charge >= 0.3 is 5.97 Å². The standard InChI is InChI=1S/C16H20O3/c1-2-3-4-8-11-14(15-12-18-15)19-16(17)13-9-6-5-7-10-13/h3-7,9-10,14-15H,2,8,11-12H2,1H3/b4-3-/t14-,15+/m0/s1. The number of esters is 1. The molecule has 3 nitrogen and oxygen atoms in total. The number of benzene rings is 1. The van der Waals surface area contributed by atoms with Crippen LogP contribution in [0.4, 0.5) is 0 Å². The third-order valence-corrected chi connectivity index (χ3v) is 3.06. The summed E-state index contributed by atoms with van der Waals surface area (Å²) in [5, 5.41) is 0. The van der Waals surface area contributed by atoms with Gasteiger partial charge in [0.15, 0.2) is 0 Å². The molecule has 3 heteroatoms. The average molecular weight is 260 g/mol. The molecule has 2 rings (SSSR count). The molecule has 0 amide bonds. The Morgan fingerprint density at radius 3 is 2.79 bits per heavy atom. The SMILES string of the molecule is CC/C=C\CC[C@H](OC(=O)c1ccccc1)[C@H]1CO1. The number of allylic oxidation sites excluding steroid dienone is 2. The lowest BCUT2D eigenvalue weighted by Crippen LogP contribution is -2.23. The van der Waals surface area contributed by atoms with Crippen LogP contribution in [0, 0.1) is 0 Å². The maximum atomic E-state index is 12.0. The highest BCUT2D eigenvalue weighted by atomic mass is 16.6. The summed E-state index contributed by atoms with van der Waals surface area (Å²) in [4.78, 5) is 12.0. The summed E-state index contributed by atoms with van der Waals surface area (Å²) in [5.74, 6) is -0.263. The van der Waals surface area contributed by atoms with Gasteiger partial charge in [-0.25, -0.2) is 4.79 Å². The van der Waals surface area contributed by atoms with E-state index >= 15 is 0 Å². The summed E-state index contributed by atoms with van der Waals surface area (Å²) < 4.78 is 10.8. The van der Waals surface area contributed by atoms with E-state index in [1.54, 1.807) is 12.1 Å². The predicted molar refractivity (Wildman–Crippen MR) is 74.1 cm³/mol. The van der Waals surface area contributed by atoms with Crippen LogP contribution in [0.3, 0.4) is 0 Å². The summed E-state index contributed by atoms with van der Waals surface area (Å²) in [7, 11) is 0. The van der Waals surface area contributed by atoms with Gasteiger partial charge in [-0.05, 0) is 31.4 Å². The second-order valence-electron chi connectivity index (χ2n) is 4.64. The van der Waals surface area contributed by atoms with Crippen LogP contribution in [-0.2, 0) is 9.47 Å². The molecule has 0 unspecified atom stereocenters. The summed E-state index contributed by atoms with van der Waals surface area (Å²) in [5.41, 5.74) is 0.595. The van der Waals surface area contributed by atoms with Gasteiger partial charge in [0.1, 0.15) is 12.2 Å². The van der Waals surface area contributed by atoms with E-state index in [0.29, 0.717) is 12.2 Å². The third kappa shape index (κ3) is 4.52. The quantitative estimate of drug-likeness (QED) is 0.428. The van der Waals surface area contributed by atoms with E-state index in [-0.39, 0.29) is 18.2 Å². The van der Waals surface area contributed by atoms with Crippen molar-refractivity contribution in [3.05, 3.63) is 48.0 Å². The zero-order valence-electron chi connectivity index (χ0n) is 11.2. The monoisotopic (exact) mass is 260 g/mol. The highest BCUT2D eigenvalue weighted by molar-refractivity contribution is 5.89. The van der Waals surface area contributed by atoms with E-state index in [1.165, 1.54) is 0 Å². The Morgan fingerprint density at radius 2 is 2.16 bits per heavy atom. The molecule has 0 saturated carbocycles. The molecule has 0 aliphatic carbocycles. The largest absolute Gasteiger partial charge is 0.456 e. The molecule has 0 N–H and O–H groups in total. The average Bonchev–Trinajstić information content (AvgIpc) is 3.27. The summed E-state index contributed by atoms with van der Waals surface area (Å²) in [6, 6.07) is 9.09. The van der Waals surface area contributed by atoms with E-state index in [0.717, 1.165) is 19.3 Å². The molecule has 0 aromatic heterocycles. The fraction of sp³-hybridized carbons (Fsp3) is 0.438. The van der Waals surface area contributed by atoms with Gasteiger partial charge in [-0.3, -0.25) is 0 Å². The maximum absolute atomic E-state index is 12.0. The third-order valence-electron chi connectivity index (χ3n) is 3.06. The van der Waals surface area contributed by atoms with Crippen LogP contribution in [0.5, 0.6) is 0 Å². The summed E-state index contributed by atoms with van der Waals surface area (Å²) in [6.07, 6.45) is 6.99. The van der Waals surface area contributed by atoms with Crippen LogP contribution in [0.2, 0.25) is 0 Å². The van der Waals surface area contributed by atoms with Crippen LogP contribution in [0.1, 0.15) is 36.5 Å². The van der Waals surface area contributed by atoms with Gasteiger partial charge in [-0.1, -0.05) is 37.3 Å². The Morgan fingerprint density at radius 1 is 1.42 bits per heavy atom. The number of hydrogen-bond acceptors (Lipinski definition) is 3. The van der Waals surface area contributed by atoms with E-state index < -0.39 is 0 Å². The first kappa shape index (κ1) is 13.8. The molecule has 1 saturated heterocycles. The van der Waals surface area contributed by atoms with Gasteiger partial charge in [0.05, 0.1) is 12.2 Å². The number of carbonyl (C=O) groups is 1. The summed E-state index contributed by atoms with van der Waals surface area (Å²) in [6.45, 7) is 2.80. The van der Waals surface area contributed by atoms with Crippen LogP contribution in [-0.4, -0.2) is 24.8 Å². The molecule has 0 bridgehead atoms. The second-order valence-corrected chi connectivity index (χ2v) is 4.64. The van der Waals surface area contributed by atoms with Crippen molar-refractivity contribution in [2.45, 2.75) is 38.4 Å². The Balaban J connectivity index is 1.86. The topological polar surface area (TPSA) is 38.8 Å². The van der Waals surface area contributed by atoms with Crippen LogP contribution in [0.25, 0.3) is 0 Å². The number of rotatable bonds is 7. The molecule has 1 aromatic rings. The molecule has 1 fully saturated rings. The molecule has 0 spiro atoms. The van der Waals surface area contributed by atoms with Crippen molar-refractivity contribution in [1.29, 1.82) is 0 Å². The Hall–Kier alpha value is -1.61. The lowest BCUT2D eigenvalue weighted by Gasteiger charge is -2.15. The lowest BCUT2D eigenvalue weighted by atomic mass is 10.1. The smallest absolute Gasteiger partial charge is 0.338 e. The van der Waals surface area contributed by atoms with Crippen molar-refractivity contribution in [3.63, 3.8) is 0 Å². The first-order valence-corrected chi connectivity index (χ1v) is 6.84. The number of hydrogen-bond donors (Lipinski definition) is 0. The first-order valence-electron chi connectivity index (χ1n) is 6.84. The molecule has 1 heterocycles. The normalized spacial score (nSPS) is 19.3. The fourth-order valence-electron chi connectivity index (χ4n) is 1.92.